The first kappa shape index (κ1) is 19.6. The van der Waals surface area contributed by atoms with Gasteiger partial charge in [0.05, 0.1) is 24.8 Å². The van der Waals surface area contributed by atoms with Crippen LogP contribution in [0.1, 0.15) is 41.3 Å². The van der Waals surface area contributed by atoms with Crippen molar-refractivity contribution in [2.45, 2.75) is 19.8 Å². The lowest BCUT2D eigenvalue weighted by Crippen LogP contribution is -1.98. The van der Waals surface area contributed by atoms with E-state index in [2.05, 4.69) is 20.2 Å². The van der Waals surface area contributed by atoms with Gasteiger partial charge in [-0.1, -0.05) is 31.2 Å². The number of aryl methyl sites for hydroxylation is 1. The van der Waals surface area contributed by atoms with Crippen LogP contribution in [0.2, 0.25) is 0 Å². The van der Waals surface area contributed by atoms with Gasteiger partial charge in [0.25, 0.3) is 0 Å². The van der Waals surface area contributed by atoms with E-state index in [0.29, 0.717) is 5.82 Å². The van der Waals surface area contributed by atoms with Gasteiger partial charge in [-0.25, -0.2) is 14.4 Å². The van der Waals surface area contributed by atoms with Crippen molar-refractivity contribution in [2.75, 3.05) is 7.11 Å². The molecule has 2 heterocycles. The number of methoxy groups -OCH3 is 1. The van der Waals surface area contributed by atoms with Crippen LogP contribution in [0, 0.1) is 12.7 Å². The van der Waals surface area contributed by atoms with Crippen LogP contribution in [-0.4, -0.2) is 31.8 Å². The molecule has 7 heteroatoms. The van der Waals surface area contributed by atoms with Crippen LogP contribution in [0.3, 0.4) is 0 Å². The van der Waals surface area contributed by atoms with Crippen LogP contribution in [0.15, 0.2) is 55.0 Å². The lowest BCUT2D eigenvalue weighted by molar-refractivity contribution is 0.413. The van der Waals surface area contributed by atoms with E-state index < -0.39 is 0 Å². The van der Waals surface area contributed by atoms with Gasteiger partial charge in [-0.2, -0.15) is 5.10 Å². The second-order valence-corrected chi connectivity index (χ2v) is 7.04. The van der Waals surface area contributed by atoms with Gasteiger partial charge in [-0.05, 0) is 48.4 Å². The first-order valence-electron chi connectivity index (χ1n) is 9.58. The summed E-state index contributed by atoms with van der Waals surface area (Å²) in [5.41, 5.74) is 3.79. The number of imidazole rings is 1. The molecule has 0 aliphatic heterocycles. The van der Waals surface area contributed by atoms with Crippen molar-refractivity contribution in [2.24, 2.45) is 0 Å². The first-order chi connectivity index (χ1) is 14.5. The number of aromatic amines is 1. The standard InChI is InChI=1S/C23H22FN5O/c1-15-13-29(14-25-15)20-10-4-17(12-21(20)30-3)5-11-22-26-23(28-27-22)16(2)18-6-8-19(24)9-7-18/h4-14,16H,1-3H3,(H,26,27,28)/b11-5+/t16-/m0/s1. The summed E-state index contributed by atoms with van der Waals surface area (Å²) in [6, 6.07) is 12.4. The molecule has 0 saturated carbocycles. The number of aromatic nitrogens is 5. The second kappa shape index (κ2) is 8.32. The van der Waals surface area contributed by atoms with Crippen molar-refractivity contribution in [3.8, 4) is 11.4 Å². The Bertz CT molecular complexity index is 1180. The molecule has 0 saturated heterocycles. The Morgan fingerprint density at radius 2 is 1.93 bits per heavy atom. The van der Waals surface area contributed by atoms with E-state index in [4.69, 9.17) is 4.74 Å². The Kier molecular flexibility index (Phi) is 5.43. The van der Waals surface area contributed by atoms with Gasteiger partial charge in [0, 0.05) is 12.1 Å². The average molecular weight is 403 g/mol. The summed E-state index contributed by atoms with van der Waals surface area (Å²) in [5.74, 6) is 1.78. The molecular weight excluding hydrogens is 381 g/mol. The molecule has 6 nitrogen and oxygen atoms in total. The molecule has 0 amide bonds. The molecule has 4 rings (SSSR count). The predicted octanol–water partition coefficient (Wildman–Crippen LogP) is 4.77. The van der Waals surface area contributed by atoms with Gasteiger partial charge in [0.15, 0.2) is 5.82 Å². The van der Waals surface area contributed by atoms with Crippen molar-refractivity contribution in [1.29, 1.82) is 0 Å². The molecule has 0 aliphatic rings. The smallest absolute Gasteiger partial charge is 0.173 e. The first-order valence-corrected chi connectivity index (χ1v) is 9.58. The summed E-state index contributed by atoms with van der Waals surface area (Å²) in [7, 11) is 1.65. The number of halogens is 1. The van der Waals surface area contributed by atoms with E-state index in [1.54, 1.807) is 25.6 Å². The summed E-state index contributed by atoms with van der Waals surface area (Å²) < 4.78 is 20.6. The zero-order valence-electron chi connectivity index (χ0n) is 17.0. The van der Waals surface area contributed by atoms with Gasteiger partial charge in [-0.3, -0.25) is 5.10 Å². The fourth-order valence-electron chi connectivity index (χ4n) is 3.20. The normalized spacial score (nSPS) is 12.4. The minimum absolute atomic E-state index is 0.0155. The number of H-pyrrole nitrogens is 1. The fourth-order valence-corrected chi connectivity index (χ4v) is 3.20. The highest BCUT2D eigenvalue weighted by molar-refractivity contribution is 5.69. The number of ether oxygens (including phenoxy) is 1. The van der Waals surface area contributed by atoms with Gasteiger partial charge in [-0.15, -0.1) is 0 Å². The minimum Gasteiger partial charge on any atom is -0.495 e. The number of hydrogen-bond acceptors (Lipinski definition) is 4. The summed E-state index contributed by atoms with van der Waals surface area (Å²) >= 11 is 0. The van der Waals surface area contributed by atoms with Crippen molar-refractivity contribution >= 4 is 12.2 Å². The van der Waals surface area contributed by atoms with Crippen LogP contribution in [-0.2, 0) is 0 Å². The molecule has 0 radical (unpaired) electrons. The third-order valence-corrected chi connectivity index (χ3v) is 4.92. The lowest BCUT2D eigenvalue weighted by Gasteiger charge is -2.09. The molecule has 4 aromatic rings. The predicted molar refractivity (Wildman–Crippen MR) is 114 cm³/mol. The average Bonchev–Trinajstić information content (AvgIpc) is 3.41. The Morgan fingerprint density at radius 3 is 2.63 bits per heavy atom. The van der Waals surface area contributed by atoms with Crippen LogP contribution in [0.5, 0.6) is 5.75 Å². The highest BCUT2D eigenvalue weighted by Crippen LogP contribution is 2.26. The third kappa shape index (κ3) is 4.15. The molecule has 0 aliphatic carbocycles. The molecule has 0 bridgehead atoms. The Balaban J connectivity index is 1.52. The summed E-state index contributed by atoms with van der Waals surface area (Å²) in [6.07, 6.45) is 7.49. The van der Waals surface area contributed by atoms with Gasteiger partial charge >= 0.3 is 0 Å². The second-order valence-electron chi connectivity index (χ2n) is 7.04. The third-order valence-electron chi connectivity index (χ3n) is 4.92. The van der Waals surface area contributed by atoms with E-state index in [0.717, 1.165) is 34.1 Å². The lowest BCUT2D eigenvalue weighted by atomic mass is 10.0. The number of nitrogens with one attached hydrogen (secondary N) is 1. The SMILES string of the molecule is COc1cc(/C=C/c2n[nH]c([C@@H](C)c3ccc(F)cc3)n2)ccc1-n1cnc(C)c1. The maximum Gasteiger partial charge on any atom is 0.173 e. The zero-order chi connectivity index (χ0) is 21.1. The zero-order valence-corrected chi connectivity index (χ0v) is 17.0. The molecule has 1 atom stereocenters. The van der Waals surface area contributed by atoms with Gasteiger partial charge in [0.2, 0.25) is 0 Å². The Labute approximate surface area is 174 Å². The quantitative estimate of drug-likeness (QED) is 0.504. The minimum atomic E-state index is -0.253. The maximum atomic E-state index is 13.1. The van der Waals surface area contributed by atoms with E-state index in [1.807, 2.05) is 55.0 Å². The molecule has 2 aromatic carbocycles. The number of benzene rings is 2. The van der Waals surface area contributed by atoms with E-state index >= 15 is 0 Å². The van der Waals surface area contributed by atoms with E-state index in [1.165, 1.54) is 12.1 Å². The summed E-state index contributed by atoms with van der Waals surface area (Å²) in [4.78, 5) is 8.81. The van der Waals surface area contributed by atoms with Gasteiger partial charge < -0.3 is 9.30 Å². The molecule has 0 unspecified atom stereocenters. The van der Waals surface area contributed by atoms with Crippen LogP contribution in [0.4, 0.5) is 4.39 Å². The van der Waals surface area contributed by atoms with Crippen LogP contribution in [0.25, 0.3) is 17.8 Å². The van der Waals surface area contributed by atoms with Crippen LogP contribution >= 0.6 is 0 Å². The fraction of sp³-hybridized carbons (Fsp3) is 0.174. The molecule has 2 aromatic heterocycles. The van der Waals surface area contributed by atoms with Crippen molar-refractivity contribution in [3.05, 3.63) is 89.3 Å². The summed E-state index contributed by atoms with van der Waals surface area (Å²) in [5, 5.41) is 7.23. The van der Waals surface area contributed by atoms with Gasteiger partial charge in [0.1, 0.15) is 17.4 Å². The van der Waals surface area contributed by atoms with E-state index in [9.17, 15) is 4.39 Å². The van der Waals surface area contributed by atoms with Crippen molar-refractivity contribution < 1.29 is 9.13 Å². The highest BCUT2D eigenvalue weighted by atomic mass is 19.1. The molecule has 0 spiro atoms. The topological polar surface area (TPSA) is 68.6 Å². The Hall–Kier alpha value is -3.74. The molecular formula is C23H22FN5O. The molecule has 30 heavy (non-hydrogen) atoms. The van der Waals surface area contributed by atoms with E-state index in [-0.39, 0.29) is 11.7 Å². The monoisotopic (exact) mass is 403 g/mol. The maximum absolute atomic E-state index is 13.1. The molecule has 152 valence electrons. The number of nitrogens with zero attached hydrogens (tertiary/aromatic N) is 4. The Morgan fingerprint density at radius 1 is 1.13 bits per heavy atom. The highest BCUT2D eigenvalue weighted by Gasteiger charge is 2.13. The van der Waals surface area contributed by atoms with Crippen LogP contribution < -0.4 is 4.74 Å². The number of hydrogen-bond donors (Lipinski definition) is 1. The largest absolute Gasteiger partial charge is 0.495 e. The molecule has 1 N–H and O–H groups in total. The molecule has 0 fully saturated rings. The van der Waals surface area contributed by atoms with Crippen molar-refractivity contribution in [3.63, 3.8) is 0 Å². The number of rotatable bonds is 6. The summed E-state index contributed by atoms with van der Waals surface area (Å²) in [6.45, 7) is 3.95. The van der Waals surface area contributed by atoms with Crippen molar-refractivity contribution in [1.82, 2.24) is 24.7 Å².